The van der Waals surface area contributed by atoms with Crippen molar-refractivity contribution in [2.45, 2.75) is 25.9 Å². The van der Waals surface area contributed by atoms with E-state index < -0.39 is 12.0 Å². The number of hydrogen-bond acceptors (Lipinski definition) is 4. The molecule has 1 unspecified atom stereocenters. The quantitative estimate of drug-likeness (QED) is 0.473. The number of aliphatic hydroxyl groups is 1. The van der Waals surface area contributed by atoms with Crippen LogP contribution in [0.15, 0.2) is 36.4 Å². The normalized spacial score (nSPS) is 12.0. The number of methoxy groups -OCH3 is 2. The van der Waals surface area contributed by atoms with Crippen LogP contribution >= 0.6 is 11.6 Å². The molecule has 3 rings (SSSR count). The van der Waals surface area contributed by atoms with E-state index in [0.717, 1.165) is 23.8 Å². The fraction of sp³-hybridized carbons (Fsp3) is 0.318. The highest BCUT2D eigenvalue weighted by molar-refractivity contribution is 6.30. The van der Waals surface area contributed by atoms with Crippen LogP contribution in [-0.4, -0.2) is 36.8 Å². The zero-order valence-electron chi connectivity index (χ0n) is 16.7. The minimum atomic E-state index is -1.36. The second-order valence-electron chi connectivity index (χ2n) is 6.72. The first-order valence-corrected chi connectivity index (χ1v) is 9.87. The molecule has 1 heterocycles. The van der Waals surface area contributed by atoms with Crippen molar-refractivity contribution in [1.29, 1.82) is 0 Å². The number of rotatable bonds is 8. The molecule has 1 amide bonds. The molecule has 0 saturated heterocycles. The monoisotopic (exact) mass is 416 g/mol. The van der Waals surface area contributed by atoms with Gasteiger partial charge in [-0.25, -0.2) is 0 Å². The number of aromatic amines is 1. The van der Waals surface area contributed by atoms with E-state index in [9.17, 15) is 9.90 Å². The lowest BCUT2D eigenvalue weighted by Gasteiger charge is -2.13. The van der Waals surface area contributed by atoms with E-state index in [4.69, 9.17) is 21.1 Å². The minimum absolute atomic E-state index is 0.392. The van der Waals surface area contributed by atoms with Crippen molar-refractivity contribution in [3.8, 4) is 22.6 Å². The highest BCUT2D eigenvalue weighted by Crippen LogP contribution is 2.42. The molecule has 1 atom stereocenters. The van der Waals surface area contributed by atoms with Crippen LogP contribution in [0.25, 0.3) is 22.0 Å². The van der Waals surface area contributed by atoms with E-state index in [-0.39, 0.29) is 0 Å². The Labute approximate surface area is 174 Å². The van der Waals surface area contributed by atoms with Crippen LogP contribution in [0.3, 0.4) is 0 Å². The molecule has 0 fully saturated rings. The molecule has 0 saturated carbocycles. The van der Waals surface area contributed by atoms with Gasteiger partial charge in [0.25, 0.3) is 5.91 Å². The smallest absolute Gasteiger partial charge is 0.255 e. The molecule has 3 N–H and O–H groups in total. The highest BCUT2D eigenvalue weighted by Gasteiger charge is 2.27. The van der Waals surface area contributed by atoms with Crippen molar-refractivity contribution in [3.05, 3.63) is 47.1 Å². The van der Waals surface area contributed by atoms with E-state index in [0.29, 0.717) is 39.8 Å². The van der Waals surface area contributed by atoms with Gasteiger partial charge in [-0.2, -0.15) is 0 Å². The zero-order valence-corrected chi connectivity index (χ0v) is 17.5. The van der Waals surface area contributed by atoms with Gasteiger partial charge in [-0.1, -0.05) is 37.1 Å². The van der Waals surface area contributed by atoms with E-state index in [1.807, 2.05) is 25.1 Å². The molecule has 6 nitrogen and oxygen atoms in total. The standard InChI is InChI=1S/C22H25ClN2O4/c1-4-5-10-24-22(27)21(26)20-18(13-6-8-14(23)9-7-13)19-16(25-20)11-15(28-2)12-17(19)29-3/h6-9,11-12,21,25-26H,4-5,10H2,1-3H3,(H,24,27). The number of amides is 1. The Hall–Kier alpha value is -2.70. The van der Waals surface area contributed by atoms with Crippen LogP contribution in [0.1, 0.15) is 31.6 Å². The number of carbonyl (C=O) groups is 1. The van der Waals surface area contributed by atoms with E-state index in [1.165, 1.54) is 0 Å². The van der Waals surface area contributed by atoms with E-state index >= 15 is 0 Å². The fourth-order valence-electron chi connectivity index (χ4n) is 3.31. The Morgan fingerprint density at radius 1 is 1.21 bits per heavy atom. The zero-order chi connectivity index (χ0) is 21.0. The largest absolute Gasteiger partial charge is 0.497 e. The first-order chi connectivity index (χ1) is 14.0. The summed E-state index contributed by atoms with van der Waals surface area (Å²) >= 11 is 6.05. The number of unbranched alkanes of at least 4 members (excludes halogenated alkanes) is 1. The van der Waals surface area contributed by atoms with Gasteiger partial charge in [0, 0.05) is 34.6 Å². The number of fused-ring (bicyclic) bond motifs is 1. The molecule has 0 bridgehead atoms. The Balaban J connectivity index is 2.18. The first-order valence-electron chi connectivity index (χ1n) is 9.49. The van der Waals surface area contributed by atoms with E-state index in [2.05, 4.69) is 10.3 Å². The number of ether oxygens (including phenoxy) is 2. The Bertz CT molecular complexity index is 998. The molecule has 0 radical (unpaired) electrons. The number of nitrogens with one attached hydrogen (secondary N) is 2. The maximum Gasteiger partial charge on any atom is 0.255 e. The molecule has 0 aliphatic heterocycles. The number of benzene rings is 2. The van der Waals surface area contributed by atoms with Crippen molar-refractivity contribution >= 4 is 28.4 Å². The van der Waals surface area contributed by atoms with Crippen molar-refractivity contribution in [2.24, 2.45) is 0 Å². The van der Waals surface area contributed by atoms with Gasteiger partial charge in [-0.05, 0) is 24.1 Å². The van der Waals surface area contributed by atoms with Gasteiger partial charge >= 0.3 is 0 Å². The SMILES string of the molecule is CCCCNC(=O)C(O)c1[nH]c2cc(OC)cc(OC)c2c1-c1ccc(Cl)cc1. The summed E-state index contributed by atoms with van der Waals surface area (Å²) in [4.78, 5) is 15.7. The summed E-state index contributed by atoms with van der Waals surface area (Å²) in [5, 5.41) is 15.0. The maximum atomic E-state index is 12.6. The molecule has 0 spiro atoms. The summed E-state index contributed by atoms with van der Waals surface area (Å²) in [6, 6.07) is 10.8. The average molecular weight is 417 g/mol. The Morgan fingerprint density at radius 2 is 1.93 bits per heavy atom. The second-order valence-corrected chi connectivity index (χ2v) is 7.16. The van der Waals surface area contributed by atoms with Crippen LogP contribution in [0.5, 0.6) is 11.5 Å². The summed E-state index contributed by atoms with van der Waals surface area (Å²) in [5.74, 6) is 0.725. The van der Waals surface area contributed by atoms with Gasteiger partial charge < -0.3 is 24.9 Å². The molecule has 7 heteroatoms. The number of hydrogen-bond donors (Lipinski definition) is 3. The van der Waals surface area contributed by atoms with Crippen LogP contribution in [0, 0.1) is 0 Å². The predicted molar refractivity (Wildman–Crippen MR) is 115 cm³/mol. The maximum absolute atomic E-state index is 12.6. The Morgan fingerprint density at radius 3 is 2.55 bits per heavy atom. The lowest BCUT2D eigenvalue weighted by molar-refractivity contribution is -0.129. The molecule has 1 aromatic heterocycles. The molecular weight excluding hydrogens is 392 g/mol. The second kappa shape index (κ2) is 9.20. The predicted octanol–water partition coefficient (Wildman–Crippen LogP) is 4.46. The molecule has 0 aliphatic rings. The fourth-order valence-corrected chi connectivity index (χ4v) is 3.43. The molecule has 154 valence electrons. The molecule has 29 heavy (non-hydrogen) atoms. The third kappa shape index (κ3) is 4.33. The van der Waals surface area contributed by atoms with Gasteiger partial charge in [0.2, 0.25) is 0 Å². The summed E-state index contributed by atoms with van der Waals surface area (Å²) in [6.45, 7) is 2.55. The topological polar surface area (TPSA) is 83.6 Å². The third-order valence-corrected chi connectivity index (χ3v) is 5.06. The molecule has 0 aliphatic carbocycles. The van der Waals surface area contributed by atoms with Crippen molar-refractivity contribution in [2.75, 3.05) is 20.8 Å². The number of carbonyl (C=O) groups excluding carboxylic acids is 1. The highest BCUT2D eigenvalue weighted by atomic mass is 35.5. The van der Waals surface area contributed by atoms with E-state index in [1.54, 1.807) is 32.4 Å². The van der Waals surface area contributed by atoms with Crippen molar-refractivity contribution in [1.82, 2.24) is 10.3 Å². The van der Waals surface area contributed by atoms with Crippen LogP contribution in [0.4, 0.5) is 0 Å². The molecular formula is C22H25ClN2O4. The summed E-state index contributed by atoms with van der Waals surface area (Å²) in [6.07, 6.45) is 0.441. The lowest BCUT2D eigenvalue weighted by Crippen LogP contribution is -2.30. The van der Waals surface area contributed by atoms with Crippen LogP contribution < -0.4 is 14.8 Å². The van der Waals surface area contributed by atoms with Gasteiger partial charge in [0.05, 0.1) is 25.4 Å². The summed E-state index contributed by atoms with van der Waals surface area (Å²) < 4.78 is 10.9. The van der Waals surface area contributed by atoms with Crippen LogP contribution in [-0.2, 0) is 4.79 Å². The molecule has 2 aromatic carbocycles. The average Bonchev–Trinajstić information content (AvgIpc) is 3.12. The lowest BCUT2D eigenvalue weighted by atomic mass is 9.98. The number of H-pyrrole nitrogens is 1. The summed E-state index contributed by atoms with van der Waals surface area (Å²) in [5.41, 5.74) is 2.58. The number of aliphatic hydroxyl groups excluding tert-OH is 1. The first kappa shape index (κ1) is 21.0. The third-order valence-electron chi connectivity index (χ3n) is 4.80. The Kier molecular flexibility index (Phi) is 6.67. The molecule has 3 aromatic rings. The van der Waals surface area contributed by atoms with Gasteiger partial charge in [-0.15, -0.1) is 0 Å². The van der Waals surface area contributed by atoms with Crippen molar-refractivity contribution in [3.63, 3.8) is 0 Å². The van der Waals surface area contributed by atoms with Gasteiger partial charge in [-0.3, -0.25) is 4.79 Å². The number of halogens is 1. The van der Waals surface area contributed by atoms with Crippen molar-refractivity contribution < 1.29 is 19.4 Å². The number of aromatic nitrogens is 1. The van der Waals surface area contributed by atoms with Gasteiger partial charge in [0.15, 0.2) is 6.10 Å². The van der Waals surface area contributed by atoms with Gasteiger partial charge in [0.1, 0.15) is 11.5 Å². The minimum Gasteiger partial charge on any atom is -0.497 e. The van der Waals surface area contributed by atoms with Crippen LogP contribution in [0.2, 0.25) is 5.02 Å². The summed E-state index contributed by atoms with van der Waals surface area (Å²) in [7, 11) is 3.14.